The lowest BCUT2D eigenvalue weighted by Crippen LogP contribution is -2.39. The summed E-state index contributed by atoms with van der Waals surface area (Å²) >= 11 is 0. The first-order chi connectivity index (χ1) is 11.8. The fourth-order valence-corrected chi connectivity index (χ4v) is 2.96. The van der Waals surface area contributed by atoms with E-state index in [1.54, 1.807) is 0 Å². The van der Waals surface area contributed by atoms with Crippen molar-refractivity contribution in [2.75, 3.05) is 6.61 Å². The Morgan fingerprint density at radius 3 is 2.83 bits per heavy atom. The lowest BCUT2D eigenvalue weighted by molar-refractivity contribution is 0.216. The van der Waals surface area contributed by atoms with E-state index >= 15 is 0 Å². The van der Waals surface area contributed by atoms with Crippen LogP contribution < -0.4 is 10.6 Å². The number of nitrogens with zero attached hydrogens (tertiary/aromatic N) is 3. The minimum Gasteiger partial charge on any atom is -0.394 e. The average molecular weight is 329 g/mol. The highest BCUT2D eigenvalue weighted by molar-refractivity contribution is 5.74. The van der Waals surface area contributed by atoms with Crippen LogP contribution in [0.4, 0.5) is 4.79 Å². The van der Waals surface area contributed by atoms with Crippen LogP contribution in [0.25, 0.3) is 0 Å². The van der Waals surface area contributed by atoms with Gasteiger partial charge in [-0.25, -0.2) is 4.79 Å². The van der Waals surface area contributed by atoms with Crippen LogP contribution in [-0.2, 0) is 19.5 Å². The Bertz CT molecular complexity index is 671. The molecule has 0 saturated heterocycles. The summed E-state index contributed by atoms with van der Waals surface area (Å²) in [6, 6.07) is 8.64. The topological polar surface area (TPSA) is 92.1 Å². The Balaban J connectivity index is 1.57. The number of fused-ring (bicyclic) bond motifs is 1. The number of amides is 2. The second-order valence-corrected chi connectivity index (χ2v) is 5.97. The molecule has 2 amide bonds. The number of carbonyl (C=O) groups is 1. The number of urea groups is 1. The van der Waals surface area contributed by atoms with Gasteiger partial charge in [0.1, 0.15) is 5.82 Å². The van der Waals surface area contributed by atoms with E-state index in [1.165, 1.54) is 6.42 Å². The highest BCUT2D eigenvalue weighted by Crippen LogP contribution is 2.14. The SMILES string of the molecule is O=C(NCc1nnc2n1CCCCC2)NC(CO)c1ccccc1. The molecular formula is C17H23N5O2. The number of aliphatic hydroxyl groups is 1. The smallest absolute Gasteiger partial charge is 0.315 e. The lowest BCUT2D eigenvalue weighted by Gasteiger charge is -2.17. The van der Waals surface area contributed by atoms with Gasteiger partial charge < -0.3 is 20.3 Å². The van der Waals surface area contributed by atoms with Crippen molar-refractivity contribution < 1.29 is 9.90 Å². The fourth-order valence-electron chi connectivity index (χ4n) is 2.96. The van der Waals surface area contributed by atoms with Gasteiger partial charge in [0.2, 0.25) is 0 Å². The summed E-state index contributed by atoms with van der Waals surface area (Å²) in [5, 5.41) is 23.5. The molecule has 1 aliphatic heterocycles. The molecule has 0 bridgehead atoms. The molecule has 3 rings (SSSR count). The number of benzene rings is 1. The number of rotatable bonds is 5. The number of aliphatic hydroxyl groups excluding tert-OH is 1. The molecule has 1 aliphatic rings. The summed E-state index contributed by atoms with van der Waals surface area (Å²) in [6.07, 6.45) is 4.40. The highest BCUT2D eigenvalue weighted by Gasteiger charge is 2.16. The maximum Gasteiger partial charge on any atom is 0.315 e. The van der Waals surface area contributed by atoms with Gasteiger partial charge in [0.25, 0.3) is 0 Å². The molecule has 2 heterocycles. The van der Waals surface area contributed by atoms with Crippen LogP contribution in [0.15, 0.2) is 30.3 Å². The van der Waals surface area contributed by atoms with Crippen LogP contribution in [0.2, 0.25) is 0 Å². The molecule has 1 aromatic heterocycles. The van der Waals surface area contributed by atoms with Crippen molar-refractivity contribution in [1.29, 1.82) is 0 Å². The summed E-state index contributed by atoms with van der Waals surface area (Å²) in [7, 11) is 0. The van der Waals surface area contributed by atoms with E-state index in [0.29, 0.717) is 6.54 Å². The maximum absolute atomic E-state index is 12.1. The first kappa shape index (κ1) is 16.4. The van der Waals surface area contributed by atoms with E-state index in [2.05, 4.69) is 25.4 Å². The van der Waals surface area contributed by atoms with Crippen molar-refractivity contribution in [1.82, 2.24) is 25.4 Å². The number of aryl methyl sites for hydroxylation is 1. The van der Waals surface area contributed by atoms with Gasteiger partial charge in [-0.1, -0.05) is 36.8 Å². The molecule has 0 fully saturated rings. The minimum absolute atomic E-state index is 0.155. The summed E-state index contributed by atoms with van der Waals surface area (Å²) in [4.78, 5) is 12.1. The molecule has 24 heavy (non-hydrogen) atoms. The standard InChI is InChI=1S/C17H23N5O2/c23-12-14(13-7-3-1-4-8-13)19-17(24)18-11-16-21-20-15-9-5-2-6-10-22(15)16/h1,3-4,7-8,14,23H,2,5-6,9-12H2,(H2,18,19,24). The first-order valence-electron chi connectivity index (χ1n) is 8.39. The second kappa shape index (κ2) is 7.92. The molecule has 128 valence electrons. The van der Waals surface area contributed by atoms with E-state index in [4.69, 9.17) is 0 Å². The Labute approximate surface area is 141 Å². The molecule has 0 radical (unpaired) electrons. The number of aromatic nitrogens is 3. The lowest BCUT2D eigenvalue weighted by atomic mass is 10.1. The normalized spacial score (nSPS) is 15.2. The first-order valence-corrected chi connectivity index (χ1v) is 8.39. The number of hydrogen-bond acceptors (Lipinski definition) is 4. The third-order valence-corrected chi connectivity index (χ3v) is 4.28. The Morgan fingerprint density at radius 2 is 2.04 bits per heavy atom. The van der Waals surface area contributed by atoms with Crippen LogP contribution in [0.1, 0.15) is 42.5 Å². The second-order valence-electron chi connectivity index (χ2n) is 5.97. The zero-order valence-electron chi connectivity index (χ0n) is 13.6. The zero-order valence-corrected chi connectivity index (χ0v) is 13.6. The van der Waals surface area contributed by atoms with Crippen molar-refractivity contribution in [3.8, 4) is 0 Å². The molecular weight excluding hydrogens is 306 g/mol. The van der Waals surface area contributed by atoms with Crippen LogP contribution in [0.5, 0.6) is 0 Å². The molecule has 0 saturated carbocycles. The molecule has 2 aromatic rings. The van der Waals surface area contributed by atoms with E-state index in [9.17, 15) is 9.90 Å². The fraction of sp³-hybridized carbons (Fsp3) is 0.471. The highest BCUT2D eigenvalue weighted by atomic mass is 16.3. The zero-order chi connectivity index (χ0) is 16.8. The summed E-state index contributed by atoms with van der Waals surface area (Å²) in [6.45, 7) is 1.08. The van der Waals surface area contributed by atoms with Crippen molar-refractivity contribution >= 4 is 6.03 Å². The minimum atomic E-state index is -0.429. The average Bonchev–Trinajstić information content (AvgIpc) is 2.85. The Morgan fingerprint density at radius 1 is 1.21 bits per heavy atom. The van der Waals surface area contributed by atoms with Crippen molar-refractivity contribution in [2.24, 2.45) is 0 Å². The van der Waals surface area contributed by atoms with Crippen LogP contribution in [-0.4, -0.2) is 32.5 Å². The third-order valence-electron chi connectivity index (χ3n) is 4.28. The summed E-state index contributed by atoms with van der Waals surface area (Å²) < 4.78 is 2.11. The van der Waals surface area contributed by atoms with Crippen LogP contribution in [0, 0.1) is 0 Å². The number of hydrogen-bond donors (Lipinski definition) is 3. The monoisotopic (exact) mass is 329 g/mol. The molecule has 1 aromatic carbocycles. The van der Waals surface area contributed by atoms with E-state index in [-0.39, 0.29) is 12.6 Å². The predicted octanol–water partition coefficient (Wildman–Crippen LogP) is 1.54. The summed E-state index contributed by atoms with van der Waals surface area (Å²) in [5.41, 5.74) is 0.867. The molecule has 7 nitrogen and oxygen atoms in total. The van der Waals surface area contributed by atoms with Gasteiger partial charge in [-0.3, -0.25) is 0 Å². The largest absolute Gasteiger partial charge is 0.394 e. The summed E-state index contributed by atoms with van der Waals surface area (Å²) in [5.74, 6) is 1.78. The van der Waals surface area contributed by atoms with Crippen LogP contribution >= 0.6 is 0 Å². The third kappa shape index (κ3) is 3.91. The van der Waals surface area contributed by atoms with E-state index in [0.717, 1.165) is 43.0 Å². The van der Waals surface area contributed by atoms with Crippen molar-refractivity contribution in [3.63, 3.8) is 0 Å². The predicted molar refractivity (Wildman–Crippen MR) is 89.2 cm³/mol. The van der Waals surface area contributed by atoms with E-state index < -0.39 is 6.04 Å². The van der Waals surface area contributed by atoms with Gasteiger partial charge in [0, 0.05) is 13.0 Å². The molecule has 0 spiro atoms. The number of carbonyl (C=O) groups excluding carboxylic acids is 1. The molecule has 1 atom stereocenters. The van der Waals surface area contributed by atoms with Gasteiger partial charge in [-0.2, -0.15) is 0 Å². The Hall–Kier alpha value is -2.41. The van der Waals surface area contributed by atoms with Gasteiger partial charge in [-0.15, -0.1) is 10.2 Å². The Kier molecular flexibility index (Phi) is 5.43. The van der Waals surface area contributed by atoms with Crippen molar-refractivity contribution in [3.05, 3.63) is 47.5 Å². The molecule has 3 N–H and O–H groups in total. The maximum atomic E-state index is 12.1. The quantitative estimate of drug-likeness (QED) is 0.776. The van der Waals surface area contributed by atoms with Gasteiger partial charge in [0.15, 0.2) is 5.82 Å². The van der Waals surface area contributed by atoms with Crippen LogP contribution in [0.3, 0.4) is 0 Å². The van der Waals surface area contributed by atoms with Gasteiger partial charge in [-0.05, 0) is 18.4 Å². The molecule has 1 unspecified atom stereocenters. The van der Waals surface area contributed by atoms with Gasteiger partial charge >= 0.3 is 6.03 Å². The number of nitrogens with one attached hydrogen (secondary N) is 2. The molecule has 7 heteroatoms. The van der Waals surface area contributed by atoms with Gasteiger partial charge in [0.05, 0.1) is 19.2 Å². The van der Waals surface area contributed by atoms with Crippen molar-refractivity contribution in [2.45, 2.75) is 44.8 Å². The van der Waals surface area contributed by atoms with E-state index in [1.807, 2.05) is 30.3 Å². The molecule has 0 aliphatic carbocycles.